The topological polar surface area (TPSA) is 132 Å². The summed E-state index contributed by atoms with van der Waals surface area (Å²) in [4.78, 5) is 9.45. The summed E-state index contributed by atoms with van der Waals surface area (Å²) in [7, 11) is 0. The molecular formula is C3H8CrO7. The van der Waals surface area contributed by atoms with E-state index in [0.717, 1.165) is 0 Å². The molecule has 7 nitrogen and oxygen atoms in total. The molecule has 0 amide bonds. The van der Waals surface area contributed by atoms with E-state index in [0.29, 0.717) is 0 Å². The molecule has 4 N–H and O–H groups in total. The van der Waals surface area contributed by atoms with E-state index < -0.39 is 25.7 Å². The fourth-order valence-electron chi connectivity index (χ4n) is 0. The van der Waals surface area contributed by atoms with Crippen LogP contribution in [0.4, 0.5) is 0 Å². The van der Waals surface area contributed by atoms with Gasteiger partial charge in [0.15, 0.2) is 0 Å². The third kappa shape index (κ3) is 43.8. The van der Waals surface area contributed by atoms with Crippen LogP contribution in [0.1, 0.15) is 6.92 Å². The molecule has 8 heteroatoms. The van der Waals surface area contributed by atoms with Crippen LogP contribution in [0.5, 0.6) is 0 Å². The second kappa shape index (κ2) is 5.17. The summed E-state index contributed by atoms with van der Waals surface area (Å²) in [6.45, 7) is 1.20. The van der Waals surface area contributed by atoms with Crippen molar-refractivity contribution in [3.8, 4) is 0 Å². The SMILES string of the molecule is CC(O)C(=O)O.[O]=[Cr](=[O])([OH])[OH]. The number of carboxylic acid groups (broad SMARTS) is 1. The molecule has 0 aromatic rings. The van der Waals surface area contributed by atoms with E-state index in [1.165, 1.54) is 6.92 Å². The number of aliphatic hydroxyl groups excluding tert-OH is 1. The molecule has 0 aromatic carbocycles. The van der Waals surface area contributed by atoms with Crippen molar-refractivity contribution in [1.29, 1.82) is 0 Å². The van der Waals surface area contributed by atoms with Gasteiger partial charge in [0, 0.05) is 0 Å². The zero-order chi connectivity index (χ0) is 9.65. The molecule has 0 fully saturated rings. The second-order valence-corrected chi connectivity index (χ2v) is 2.86. The Morgan fingerprint density at radius 2 is 1.45 bits per heavy atom. The summed E-state index contributed by atoms with van der Waals surface area (Å²) in [6.07, 6.45) is -1.23. The molecule has 0 aromatic heterocycles. The third-order valence-electron chi connectivity index (χ3n) is 0.357. The van der Waals surface area contributed by atoms with Crippen LogP contribution in [0.3, 0.4) is 0 Å². The molecule has 0 rings (SSSR count). The van der Waals surface area contributed by atoms with Gasteiger partial charge in [-0.05, 0) is 6.92 Å². The Labute approximate surface area is 64.3 Å². The molecule has 0 radical (unpaired) electrons. The first kappa shape index (κ1) is 13.1. The maximum atomic E-state index is 9.45. The predicted octanol–water partition coefficient (Wildman–Crippen LogP) is -1.90. The molecule has 0 aliphatic heterocycles. The van der Waals surface area contributed by atoms with Crippen LogP contribution in [0.25, 0.3) is 0 Å². The molecule has 0 bridgehead atoms. The molecule has 0 heterocycles. The van der Waals surface area contributed by atoms with Crippen LogP contribution < -0.4 is 0 Å². The van der Waals surface area contributed by atoms with Gasteiger partial charge in [-0.15, -0.1) is 0 Å². The standard InChI is InChI=1S/C3H6O3.Cr.2H2O.2O/c1-2(4)3(5)6;;;;;/h2,4H,1H3,(H,5,6);;2*1H2;;/q;+2;;;;/p-2. The van der Waals surface area contributed by atoms with E-state index in [9.17, 15) is 4.79 Å². The normalized spacial score (nSPS) is 12.7. The Morgan fingerprint density at radius 1 is 1.36 bits per heavy atom. The minimum atomic E-state index is -5.25. The number of hydrogen-bond acceptors (Lipinski definition) is 4. The molecule has 0 saturated heterocycles. The molecule has 1 unspecified atom stereocenters. The van der Waals surface area contributed by atoms with Crippen molar-refractivity contribution in [3.63, 3.8) is 0 Å². The second-order valence-electron chi connectivity index (χ2n) is 1.46. The van der Waals surface area contributed by atoms with Crippen LogP contribution in [-0.4, -0.2) is 30.6 Å². The first-order chi connectivity index (χ1) is 4.64. The molecule has 68 valence electrons. The molecular weight excluding hydrogens is 200 g/mol. The summed E-state index contributed by atoms with van der Waals surface area (Å²) in [6, 6.07) is 0. The average Bonchev–Trinajstić information content (AvgIpc) is 1.59. The predicted molar refractivity (Wildman–Crippen MR) is 25.1 cm³/mol. The van der Waals surface area contributed by atoms with Crippen molar-refractivity contribution in [2.45, 2.75) is 13.0 Å². The van der Waals surface area contributed by atoms with Gasteiger partial charge in [0.05, 0.1) is 0 Å². The number of hydrogen-bond donors (Lipinski definition) is 4. The summed E-state index contributed by atoms with van der Waals surface area (Å²) < 4.78 is 31.9. The fraction of sp³-hybridized carbons (Fsp3) is 0.667. The van der Waals surface area contributed by atoms with Crippen molar-refractivity contribution >= 4 is 5.97 Å². The average molecular weight is 208 g/mol. The molecule has 0 spiro atoms. The molecule has 1 atom stereocenters. The Bertz CT molecular complexity index is 194. The number of carbonyl (C=O) groups is 1. The first-order valence-corrected chi connectivity index (χ1v) is 4.43. The minimum absolute atomic E-state index is 1.19. The first-order valence-electron chi connectivity index (χ1n) is 2.25. The van der Waals surface area contributed by atoms with Gasteiger partial charge in [-0.1, -0.05) is 0 Å². The van der Waals surface area contributed by atoms with Crippen LogP contribution >= 0.6 is 0 Å². The Hall–Kier alpha value is -0.518. The van der Waals surface area contributed by atoms with E-state index in [4.69, 9.17) is 26.1 Å². The van der Waals surface area contributed by atoms with Gasteiger partial charge >= 0.3 is 35.5 Å². The number of rotatable bonds is 1. The summed E-state index contributed by atoms with van der Waals surface area (Å²) >= 11 is -5.25. The van der Waals surface area contributed by atoms with E-state index in [1.807, 2.05) is 0 Å². The van der Waals surface area contributed by atoms with E-state index in [2.05, 4.69) is 0 Å². The van der Waals surface area contributed by atoms with E-state index in [-0.39, 0.29) is 0 Å². The van der Waals surface area contributed by atoms with Crippen molar-refractivity contribution in [2.75, 3.05) is 0 Å². The molecule has 11 heavy (non-hydrogen) atoms. The zero-order valence-corrected chi connectivity index (χ0v) is 6.77. The van der Waals surface area contributed by atoms with Crippen molar-refractivity contribution in [2.24, 2.45) is 0 Å². The van der Waals surface area contributed by atoms with E-state index >= 15 is 0 Å². The van der Waals surface area contributed by atoms with E-state index in [1.54, 1.807) is 0 Å². The third-order valence-corrected chi connectivity index (χ3v) is 0.357. The van der Waals surface area contributed by atoms with Gasteiger partial charge in [-0.25, -0.2) is 4.79 Å². The summed E-state index contributed by atoms with van der Waals surface area (Å²) in [5, 5.41) is 15.8. The summed E-state index contributed by atoms with van der Waals surface area (Å²) in [5.74, 6) is -1.19. The molecule has 0 saturated carbocycles. The van der Waals surface area contributed by atoms with Gasteiger partial charge in [0.2, 0.25) is 0 Å². The number of carboxylic acids is 1. The van der Waals surface area contributed by atoms with Gasteiger partial charge in [-0.2, -0.15) is 0 Å². The Kier molecular flexibility index (Phi) is 6.16. The summed E-state index contributed by atoms with van der Waals surface area (Å²) in [5.41, 5.74) is 0. The molecule has 0 aliphatic rings. The van der Waals surface area contributed by atoms with Gasteiger partial charge in [-0.3, -0.25) is 0 Å². The van der Waals surface area contributed by atoms with Crippen LogP contribution in [0, 0.1) is 0 Å². The number of aliphatic hydroxyl groups is 1. The monoisotopic (exact) mass is 208 g/mol. The van der Waals surface area contributed by atoms with Crippen LogP contribution in [-0.2, 0) is 26.0 Å². The van der Waals surface area contributed by atoms with Gasteiger partial charge in [0.25, 0.3) is 0 Å². The van der Waals surface area contributed by atoms with Crippen molar-refractivity contribution in [1.82, 2.24) is 0 Å². The quantitative estimate of drug-likeness (QED) is 0.395. The number of aliphatic carboxylic acids is 1. The van der Waals surface area contributed by atoms with Gasteiger partial charge in [0.1, 0.15) is 6.10 Å². The zero-order valence-electron chi connectivity index (χ0n) is 5.50. The fourth-order valence-corrected chi connectivity index (χ4v) is 0. The molecule has 0 aliphatic carbocycles. The van der Waals surface area contributed by atoms with Crippen LogP contribution in [0.15, 0.2) is 0 Å². The maximum absolute atomic E-state index is 9.45. The van der Waals surface area contributed by atoms with Crippen LogP contribution in [0.2, 0.25) is 0 Å². The van der Waals surface area contributed by atoms with Crippen molar-refractivity contribution in [3.05, 3.63) is 0 Å². The van der Waals surface area contributed by atoms with Crippen molar-refractivity contribution < 1.29 is 44.5 Å². The van der Waals surface area contributed by atoms with Gasteiger partial charge < -0.3 is 10.2 Å². The Balaban J connectivity index is 0. The Morgan fingerprint density at radius 3 is 1.45 bits per heavy atom.